The predicted octanol–water partition coefficient (Wildman–Crippen LogP) is 4.51. The summed E-state index contributed by atoms with van der Waals surface area (Å²) in [6.45, 7) is 5.96. The lowest BCUT2D eigenvalue weighted by Crippen LogP contribution is -2.40. The first-order chi connectivity index (χ1) is 12.3. The molecule has 0 aliphatic carbocycles. The number of fused-ring (bicyclic) bond motifs is 1. The van der Waals surface area contributed by atoms with Crippen LogP contribution in [0.15, 0.2) is 18.2 Å². The fourth-order valence-electron chi connectivity index (χ4n) is 3.24. The Balaban J connectivity index is 1.72. The van der Waals surface area contributed by atoms with Crippen LogP contribution in [-0.4, -0.2) is 36.2 Å². The van der Waals surface area contributed by atoms with E-state index in [0.717, 1.165) is 18.4 Å². The molecule has 2 aliphatic heterocycles. The van der Waals surface area contributed by atoms with E-state index in [2.05, 4.69) is 0 Å². The molecule has 0 saturated carbocycles. The Morgan fingerprint density at radius 1 is 1.23 bits per heavy atom. The lowest BCUT2D eigenvalue weighted by Gasteiger charge is -2.25. The van der Waals surface area contributed by atoms with E-state index in [1.807, 2.05) is 26.8 Å². The van der Waals surface area contributed by atoms with Crippen LogP contribution in [0.25, 0.3) is 0 Å². The number of carbonyl (C=O) groups is 1. The lowest BCUT2D eigenvalue weighted by molar-refractivity contribution is -0.218. The summed E-state index contributed by atoms with van der Waals surface area (Å²) < 4.78 is 23.6. The molecule has 2 heterocycles. The maximum atomic E-state index is 12.6. The van der Waals surface area contributed by atoms with E-state index in [-0.39, 0.29) is 12.4 Å². The average Bonchev–Trinajstić information content (AvgIpc) is 3.05. The molecule has 0 amide bonds. The third kappa shape index (κ3) is 4.41. The number of Topliss-reactive ketones (excluding diaryl/α,β-unsaturated/α-hetero) is 1. The van der Waals surface area contributed by atoms with E-state index in [4.69, 9.17) is 42.1 Å². The van der Waals surface area contributed by atoms with E-state index < -0.39 is 30.4 Å². The predicted molar refractivity (Wildman–Crippen MR) is 98.3 cm³/mol. The van der Waals surface area contributed by atoms with Crippen molar-refractivity contribution in [2.24, 2.45) is 0 Å². The van der Waals surface area contributed by atoms with Gasteiger partial charge in [-0.1, -0.05) is 42.6 Å². The molecule has 0 spiro atoms. The molecular weight excluding hydrogens is 379 g/mol. The molecule has 0 unspecified atom stereocenters. The van der Waals surface area contributed by atoms with E-state index >= 15 is 0 Å². The standard InChI is InChI=1S/C19H24Cl2O5/c1-4-5-6-14(22)15-16(17-18(24-15)26-19(2,3)25-17)23-10-11-7-8-12(20)13(21)9-11/h7-9,15-18H,4-6,10H2,1-3H3/t15-,16+,17-,18-/m1/s1. The highest BCUT2D eigenvalue weighted by Crippen LogP contribution is 2.39. The van der Waals surface area contributed by atoms with Crippen molar-refractivity contribution < 1.29 is 23.7 Å². The first-order valence-electron chi connectivity index (χ1n) is 8.90. The zero-order valence-corrected chi connectivity index (χ0v) is 16.7. The number of ketones is 1. The number of benzene rings is 1. The summed E-state index contributed by atoms with van der Waals surface area (Å²) >= 11 is 12.0. The molecule has 0 bridgehead atoms. The summed E-state index contributed by atoms with van der Waals surface area (Å²) in [6, 6.07) is 5.31. The van der Waals surface area contributed by atoms with E-state index in [9.17, 15) is 4.79 Å². The summed E-state index contributed by atoms with van der Waals surface area (Å²) in [5, 5.41) is 0.951. The molecule has 0 aromatic heterocycles. The van der Waals surface area contributed by atoms with Gasteiger partial charge in [-0.3, -0.25) is 4.79 Å². The number of carbonyl (C=O) groups excluding carboxylic acids is 1. The molecule has 0 N–H and O–H groups in total. The lowest BCUT2D eigenvalue weighted by atomic mass is 10.0. The minimum atomic E-state index is -0.766. The van der Waals surface area contributed by atoms with Crippen LogP contribution in [-0.2, 0) is 30.3 Å². The summed E-state index contributed by atoms with van der Waals surface area (Å²) in [5.41, 5.74) is 0.862. The van der Waals surface area contributed by atoms with Gasteiger partial charge in [-0.15, -0.1) is 0 Å². The molecular formula is C19H24Cl2O5. The Labute approximate surface area is 163 Å². The quantitative estimate of drug-likeness (QED) is 0.671. The second-order valence-electron chi connectivity index (χ2n) is 7.12. The van der Waals surface area contributed by atoms with Gasteiger partial charge in [0.25, 0.3) is 0 Å². The number of hydrogen-bond acceptors (Lipinski definition) is 5. The normalized spacial score (nSPS) is 29.7. The highest BCUT2D eigenvalue weighted by atomic mass is 35.5. The Hall–Kier alpha value is -0.690. The van der Waals surface area contributed by atoms with E-state index in [1.165, 1.54) is 0 Å². The zero-order valence-electron chi connectivity index (χ0n) is 15.2. The minimum Gasteiger partial charge on any atom is -0.367 e. The van der Waals surface area contributed by atoms with Gasteiger partial charge < -0.3 is 18.9 Å². The van der Waals surface area contributed by atoms with Crippen molar-refractivity contribution in [3.8, 4) is 0 Å². The van der Waals surface area contributed by atoms with Crippen LogP contribution in [0.1, 0.15) is 45.6 Å². The molecule has 1 aromatic carbocycles. The Morgan fingerprint density at radius 2 is 2.00 bits per heavy atom. The highest BCUT2D eigenvalue weighted by Gasteiger charge is 2.57. The van der Waals surface area contributed by atoms with Crippen molar-refractivity contribution in [1.29, 1.82) is 0 Å². The molecule has 144 valence electrons. The Kier molecular flexibility index (Phi) is 6.27. The van der Waals surface area contributed by atoms with Crippen molar-refractivity contribution >= 4 is 29.0 Å². The van der Waals surface area contributed by atoms with Gasteiger partial charge in [0, 0.05) is 6.42 Å². The number of unbranched alkanes of at least 4 members (excludes halogenated alkanes) is 1. The molecule has 3 rings (SSSR count). The monoisotopic (exact) mass is 402 g/mol. The number of ether oxygens (including phenoxy) is 4. The molecule has 2 saturated heterocycles. The molecule has 2 fully saturated rings. The van der Waals surface area contributed by atoms with E-state index in [0.29, 0.717) is 16.5 Å². The van der Waals surface area contributed by atoms with Crippen LogP contribution >= 0.6 is 23.2 Å². The summed E-state index contributed by atoms with van der Waals surface area (Å²) in [7, 11) is 0. The van der Waals surface area contributed by atoms with E-state index in [1.54, 1.807) is 12.1 Å². The van der Waals surface area contributed by atoms with Crippen LogP contribution < -0.4 is 0 Å². The SMILES string of the molecule is CCCCC(=O)[C@H]1O[C@@H]2OC(C)(C)O[C@@H]2[C@H]1OCc1ccc(Cl)c(Cl)c1. The first-order valence-corrected chi connectivity index (χ1v) is 9.65. The number of hydrogen-bond donors (Lipinski definition) is 0. The minimum absolute atomic E-state index is 0.0189. The van der Waals surface area contributed by atoms with Crippen molar-refractivity contribution in [3.63, 3.8) is 0 Å². The van der Waals surface area contributed by atoms with Crippen LogP contribution in [0.4, 0.5) is 0 Å². The second-order valence-corrected chi connectivity index (χ2v) is 7.93. The maximum Gasteiger partial charge on any atom is 0.190 e. The second kappa shape index (κ2) is 8.13. The van der Waals surface area contributed by atoms with Gasteiger partial charge in [0.1, 0.15) is 18.3 Å². The molecule has 7 heteroatoms. The van der Waals surface area contributed by atoms with Crippen LogP contribution in [0, 0.1) is 0 Å². The smallest absolute Gasteiger partial charge is 0.190 e. The Morgan fingerprint density at radius 3 is 2.69 bits per heavy atom. The summed E-state index contributed by atoms with van der Waals surface area (Å²) in [6.07, 6.45) is -0.0314. The first kappa shape index (κ1) is 20.1. The zero-order chi connectivity index (χ0) is 18.9. The van der Waals surface area contributed by atoms with Gasteiger partial charge in [0.15, 0.2) is 17.9 Å². The number of halogens is 2. The van der Waals surface area contributed by atoms with Crippen LogP contribution in [0.5, 0.6) is 0 Å². The third-order valence-corrected chi connectivity index (χ3v) is 5.25. The molecule has 1 aromatic rings. The summed E-state index contributed by atoms with van der Waals surface area (Å²) in [5.74, 6) is -0.747. The van der Waals surface area contributed by atoms with Crippen LogP contribution in [0.2, 0.25) is 10.0 Å². The molecule has 0 radical (unpaired) electrons. The van der Waals surface area contributed by atoms with Crippen molar-refractivity contribution in [2.45, 2.75) is 77.0 Å². The Bertz CT molecular complexity index is 663. The highest BCUT2D eigenvalue weighted by molar-refractivity contribution is 6.42. The third-order valence-electron chi connectivity index (χ3n) is 4.51. The molecule has 26 heavy (non-hydrogen) atoms. The summed E-state index contributed by atoms with van der Waals surface area (Å²) in [4.78, 5) is 12.6. The van der Waals surface area contributed by atoms with Gasteiger partial charge in [-0.25, -0.2) is 0 Å². The van der Waals surface area contributed by atoms with Gasteiger partial charge >= 0.3 is 0 Å². The molecule has 4 atom stereocenters. The van der Waals surface area contributed by atoms with Crippen LogP contribution in [0.3, 0.4) is 0 Å². The maximum absolute atomic E-state index is 12.6. The fraction of sp³-hybridized carbons (Fsp3) is 0.632. The topological polar surface area (TPSA) is 54.0 Å². The molecule has 2 aliphatic rings. The van der Waals surface area contributed by atoms with Gasteiger partial charge in [-0.05, 0) is 38.0 Å². The molecule has 5 nitrogen and oxygen atoms in total. The van der Waals surface area contributed by atoms with Gasteiger partial charge in [0.2, 0.25) is 0 Å². The number of rotatable bonds is 7. The largest absolute Gasteiger partial charge is 0.367 e. The van der Waals surface area contributed by atoms with Gasteiger partial charge in [0.05, 0.1) is 16.7 Å². The van der Waals surface area contributed by atoms with Gasteiger partial charge in [-0.2, -0.15) is 0 Å². The average molecular weight is 403 g/mol. The fourth-order valence-corrected chi connectivity index (χ4v) is 3.56. The van der Waals surface area contributed by atoms with Crippen molar-refractivity contribution in [3.05, 3.63) is 33.8 Å². The van der Waals surface area contributed by atoms with Crippen molar-refractivity contribution in [1.82, 2.24) is 0 Å². The van der Waals surface area contributed by atoms with Crippen molar-refractivity contribution in [2.75, 3.05) is 0 Å².